The molecule has 0 aromatic heterocycles. The van der Waals surface area contributed by atoms with Crippen LogP contribution in [0.15, 0.2) is 9.81 Å². The molecule has 0 saturated carbocycles. The van der Waals surface area contributed by atoms with Crippen molar-refractivity contribution in [2.45, 2.75) is 7.43 Å². The summed E-state index contributed by atoms with van der Waals surface area (Å²) in [6, 6.07) is 3.23. The largest absolute Gasteiger partial charge is 0.192 e. The first-order valence-corrected chi connectivity index (χ1v) is 2.54. The van der Waals surface area contributed by atoms with E-state index in [1.165, 1.54) is 0 Å². The molecule has 4 heteroatoms. The standard InChI is InChI=1S/C4H2N2S2.CH4/c5-1-3(2-6)4(7)8;/h7-8H;1H4. The lowest BCUT2D eigenvalue weighted by Crippen LogP contribution is -1.69. The molecule has 0 spiro atoms. The quantitative estimate of drug-likeness (QED) is 0.416. The molecule has 0 bridgehead atoms. The fourth-order valence-electron chi connectivity index (χ4n) is 0.125. The highest BCUT2D eigenvalue weighted by Gasteiger charge is 1.93. The Morgan fingerprint density at radius 1 is 1.11 bits per heavy atom. The molecule has 0 aliphatic carbocycles. The van der Waals surface area contributed by atoms with E-state index in [1.807, 2.05) is 0 Å². The average Bonchev–Trinajstić information content (AvgIpc) is 1.69. The van der Waals surface area contributed by atoms with Gasteiger partial charge in [0.25, 0.3) is 0 Å². The van der Waals surface area contributed by atoms with Gasteiger partial charge in [-0.05, 0) is 0 Å². The summed E-state index contributed by atoms with van der Waals surface area (Å²) in [5, 5.41) is 16.1. The van der Waals surface area contributed by atoms with E-state index in [2.05, 4.69) is 25.3 Å². The first kappa shape index (κ1) is 11.2. The number of nitriles is 2. The molecule has 0 aromatic rings. The lowest BCUT2D eigenvalue weighted by molar-refractivity contribution is 1.47. The molecule has 0 unspecified atom stereocenters. The maximum atomic E-state index is 8.07. The van der Waals surface area contributed by atoms with E-state index >= 15 is 0 Å². The van der Waals surface area contributed by atoms with Gasteiger partial charge in [0.05, 0.1) is 4.24 Å². The summed E-state index contributed by atoms with van der Waals surface area (Å²) < 4.78 is 0.162. The Labute approximate surface area is 65.6 Å². The van der Waals surface area contributed by atoms with Crippen molar-refractivity contribution in [3.05, 3.63) is 9.81 Å². The van der Waals surface area contributed by atoms with Crippen molar-refractivity contribution in [1.82, 2.24) is 0 Å². The zero-order chi connectivity index (χ0) is 6.57. The van der Waals surface area contributed by atoms with Gasteiger partial charge in [0.2, 0.25) is 0 Å². The molecule has 9 heavy (non-hydrogen) atoms. The van der Waals surface area contributed by atoms with Gasteiger partial charge >= 0.3 is 0 Å². The van der Waals surface area contributed by atoms with Crippen LogP contribution in [0, 0.1) is 22.7 Å². The minimum Gasteiger partial charge on any atom is -0.192 e. The second-order valence-electron chi connectivity index (χ2n) is 0.922. The topological polar surface area (TPSA) is 47.6 Å². The third kappa shape index (κ3) is 3.96. The predicted molar refractivity (Wildman–Crippen MR) is 43.0 cm³/mol. The monoisotopic (exact) mass is 158 g/mol. The Bertz CT molecular complexity index is 174. The van der Waals surface area contributed by atoms with Crippen molar-refractivity contribution < 1.29 is 0 Å². The SMILES string of the molecule is C.N#CC(C#N)=C(S)S. The predicted octanol–water partition coefficient (Wildman–Crippen LogP) is 1.74. The fourth-order valence-corrected chi connectivity index (χ4v) is 0.325. The summed E-state index contributed by atoms with van der Waals surface area (Å²) in [5.41, 5.74) is -0.0586. The lowest BCUT2D eigenvalue weighted by atomic mass is 10.4. The Balaban J connectivity index is 0. The molecule has 0 radical (unpaired) electrons. The van der Waals surface area contributed by atoms with Gasteiger partial charge in [-0.1, -0.05) is 7.43 Å². The van der Waals surface area contributed by atoms with Gasteiger partial charge in [0.15, 0.2) is 0 Å². The zero-order valence-electron chi connectivity index (χ0n) is 3.79. The van der Waals surface area contributed by atoms with Crippen LogP contribution in [0.2, 0.25) is 0 Å². The van der Waals surface area contributed by atoms with Gasteiger partial charge in [-0.3, -0.25) is 0 Å². The minimum atomic E-state index is -0.0586. The first-order valence-electron chi connectivity index (χ1n) is 1.64. The van der Waals surface area contributed by atoms with Crippen LogP contribution in [0.3, 0.4) is 0 Å². The van der Waals surface area contributed by atoms with Crippen LogP contribution < -0.4 is 0 Å². The Morgan fingerprint density at radius 2 is 1.44 bits per heavy atom. The van der Waals surface area contributed by atoms with Crippen molar-refractivity contribution in [2.75, 3.05) is 0 Å². The van der Waals surface area contributed by atoms with Gasteiger partial charge in [-0.2, -0.15) is 10.5 Å². The molecule has 0 amide bonds. The van der Waals surface area contributed by atoms with E-state index in [9.17, 15) is 0 Å². The maximum absolute atomic E-state index is 8.07. The average molecular weight is 158 g/mol. The van der Waals surface area contributed by atoms with Crippen LogP contribution in [0.4, 0.5) is 0 Å². The van der Waals surface area contributed by atoms with Crippen molar-refractivity contribution in [2.24, 2.45) is 0 Å². The number of hydrogen-bond acceptors (Lipinski definition) is 4. The van der Waals surface area contributed by atoms with Crippen molar-refractivity contribution in [3.63, 3.8) is 0 Å². The highest BCUT2D eigenvalue weighted by atomic mass is 32.2. The summed E-state index contributed by atoms with van der Waals surface area (Å²) >= 11 is 7.30. The molecule has 0 rings (SSSR count). The molecule has 0 aliphatic heterocycles. The summed E-state index contributed by atoms with van der Waals surface area (Å²) in [4.78, 5) is 0. The fraction of sp³-hybridized carbons (Fsp3) is 0.200. The van der Waals surface area contributed by atoms with Gasteiger partial charge in [-0.25, -0.2) is 0 Å². The van der Waals surface area contributed by atoms with E-state index in [1.54, 1.807) is 12.1 Å². The smallest absolute Gasteiger partial charge is 0.149 e. The maximum Gasteiger partial charge on any atom is 0.149 e. The summed E-state index contributed by atoms with van der Waals surface area (Å²) in [6.07, 6.45) is 0. The lowest BCUT2D eigenvalue weighted by Gasteiger charge is -1.79. The molecule has 0 N–H and O–H groups in total. The second-order valence-corrected chi connectivity index (χ2v) is 2.17. The van der Waals surface area contributed by atoms with Crippen LogP contribution >= 0.6 is 25.3 Å². The van der Waals surface area contributed by atoms with Crippen molar-refractivity contribution in [3.8, 4) is 12.1 Å². The van der Waals surface area contributed by atoms with E-state index in [0.717, 1.165) is 0 Å². The normalized spacial score (nSPS) is 5.78. The molecular weight excluding hydrogens is 152 g/mol. The van der Waals surface area contributed by atoms with E-state index < -0.39 is 0 Å². The zero-order valence-corrected chi connectivity index (χ0v) is 5.58. The number of hydrogen-bond donors (Lipinski definition) is 2. The Hall–Kier alpha value is -0.580. The summed E-state index contributed by atoms with van der Waals surface area (Å²) in [7, 11) is 0. The van der Waals surface area contributed by atoms with Crippen LogP contribution in [0.25, 0.3) is 0 Å². The van der Waals surface area contributed by atoms with Gasteiger partial charge < -0.3 is 0 Å². The van der Waals surface area contributed by atoms with Crippen LogP contribution in [0.1, 0.15) is 7.43 Å². The summed E-state index contributed by atoms with van der Waals surface area (Å²) in [5.74, 6) is 0. The molecule has 0 aromatic carbocycles. The minimum absolute atomic E-state index is 0. The number of thiol groups is 2. The molecule has 0 saturated heterocycles. The molecule has 0 aliphatic rings. The number of rotatable bonds is 0. The van der Waals surface area contributed by atoms with Gasteiger partial charge in [0.1, 0.15) is 17.7 Å². The Kier molecular flexibility index (Phi) is 6.94. The first-order chi connectivity index (χ1) is 3.72. The van der Waals surface area contributed by atoms with Crippen molar-refractivity contribution >= 4 is 25.3 Å². The Morgan fingerprint density at radius 3 is 1.44 bits per heavy atom. The van der Waals surface area contributed by atoms with Crippen molar-refractivity contribution in [1.29, 1.82) is 10.5 Å². The van der Waals surface area contributed by atoms with E-state index in [0.29, 0.717) is 0 Å². The summed E-state index contributed by atoms with van der Waals surface area (Å²) in [6.45, 7) is 0. The molecule has 48 valence electrons. The van der Waals surface area contributed by atoms with Gasteiger partial charge in [0, 0.05) is 0 Å². The molecule has 2 nitrogen and oxygen atoms in total. The van der Waals surface area contributed by atoms with Crippen LogP contribution in [0.5, 0.6) is 0 Å². The van der Waals surface area contributed by atoms with Gasteiger partial charge in [-0.15, -0.1) is 25.3 Å². The number of nitrogens with zero attached hydrogens (tertiary/aromatic N) is 2. The molecular formula is C5H6N2S2. The highest BCUT2D eigenvalue weighted by Crippen LogP contribution is 2.10. The highest BCUT2D eigenvalue weighted by molar-refractivity contribution is 8.05. The third-order valence-electron chi connectivity index (χ3n) is 0.447. The number of allylic oxidation sites excluding steroid dienone is 1. The second kappa shape index (κ2) is 5.55. The third-order valence-corrected chi connectivity index (χ3v) is 0.894. The molecule has 0 fully saturated rings. The molecule has 0 heterocycles. The van der Waals surface area contributed by atoms with E-state index in [4.69, 9.17) is 10.5 Å². The molecule has 0 atom stereocenters. The van der Waals surface area contributed by atoms with E-state index in [-0.39, 0.29) is 17.2 Å². The van der Waals surface area contributed by atoms with Crippen LogP contribution in [-0.4, -0.2) is 0 Å². The van der Waals surface area contributed by atoms with Crippen LogP contribution in [-0.2, 0) is 0 Å².